The second-order valence-electron chi connectivity index (χ2n) is 7.66. The molecule has 0 bridgehead atoms. The van der Waals surface area contributed by atoms with Crippen LogP contribution in [0.1, 0.15) is 11.4 Å². The van der Waals surface area contributed by atoms with Crippen LogP contribution >= 0.6 is 0 Å². The average molecular weight is 461 g/mol. The Balaban J connectivity index is 1.74. The first-order valence-electron chi connectivity index (χ1n) is 10.2. The molecule has 170 valence electrons. The maximum Gasteiger partial charge on any atom is 0.333 e. The molecule has 9 nitrogen and oxygen atoms in total. The van der Waals surface area contributed by atoms with Gasteiger partial charge in [0, 0.05) is 42.8 Å². The zero-order chi connectivity index (χ0) is 23.8. The number of rotatable bonds is 5. The quantitative estimate of drug-likeness (QED) is 0.398. The van der Waals surface area contributed by atoms with Crippen LogP contribution < -0.4 is 11.2 Å². The molecule has 0 radical (unpaired) electrons. The van der Waals surface area contributed by atoms with Gasteiger partial charge in [0.15, 0.2) is 5.82 Å². The highest BCUT2D eigenvalue weighted by atomic mass is 19.1. The Kier molecular flexibility index (Phi) is 5.28. The SMILES string of the molecule is Cn1cnc(Cn2c(=O)c3cc(-c4ccncc4)cnc3n(Cc3ccc(F)cc3F)c2=O)n1. The van der Waals surface area contributed by atoms with Gasteiger partial charge in [0.2, 0.25) is 0 Å². The molecule has 0 aliphatic carbocycles. The number of benzene rings is 1. The summed E-state index contributed by atoms with van der Waals surface area (Å²) in [6.45, 7) is -0.432. The van der Waals surface area contributed by atoms with E-state index in [2.05, 4.69) is 20.1 Å². The first-order chi connectivity index (χ1) is 16.4. The zero-order valence-corrected chi connectivity index (χ0v) is 17.9. The van der Waals surface area contributed by atoms with E-state index in [0.29, 0.717) is 5.56 Å². The van der Waals surface area contributed by atoms with Gasteiger partial charge in [-0.15, -0.1) is 0 Å². The third-order valence-electron chi connectivity index (χ3n) is 5.36. The minimum atomic E-state index is -0.808. The molecular formula is C23H17F2N7O2. The number of fused-ring (bicyclic) bond motifs is 1. The molecule has 11 heteroatoms. The highest BCUT2D eigenvalue weighted by molar-refractivity contribution is 5.80. The molecule has 0 aliphatic heterocycles. The van der Waals surface area contributed by atoms with Gasteiger partial charge in [-0.25, -0.2) is 23.5 Å². The summed E-state index contributed by atoms with van der Waals surface area (Å²) >= 11 is 0. The Morgan fingerprint density at radius 2 is 1.71 bits per heavy atom. The minimum absolute atomic E-state index is 0.0750. The third-order valence-corrected chi connectivity index (χ3v) is 5.36. The van der Waals surface area contributed by atoms with Crippen molar-refractivity contribution in [3.8, 4) is 11.1 Å². The normalized spacial score (nSPS) is 11.3. The van der Waals surface area contributed by atoms with Crippen LogP contribution in [0, 0.1) is 11.6 Å². The van der Waals surface area contributed by atoms with Gasteiger partial charge in [0.1, 0.15) is 23.6 Å². The Labute approximate surface area is 190 Å². The third kappa shape index (κ3) is 3.87. The van der Waals surface area contributed by atoms with Gasteiger partial charge < -0.3 is 0 Å². The lowest BCUT2D eigenvalue weighted by Crippen LogP contribution is -2.41. The van der Waals surface area contributed by atoms with Crippen LogP contribution in [0.2, 0.25) is 0 Å². The van der Waals surface area contributed by atoms with Gasteiger partial charge in [0.25, 0.3) is 5.56 Å². The van der Waals surface area contributed by atoms with Crippen molar-refractivity contribution in [2.75, 3.05) is 0 Å². The molecule has 4 aromatic heterocycles. The smallest absolute Gasteiger partial charge is 0.273 e. The average Bonchev–Trinajstić information content (AvgIpc) is 3.25. The Hall–Kier alpha value is -4.54. The molecule has 0 unspecified atom stereocenters. The van der Waals surface area contributed by atoms with Gasteiger partial charge in [-0.2, -0.15) is 5.10 Å². The predicted octanol–water partition coefficient (Wildman–Crippen LogP) is 2.12. The van der Waals surface area contributed by atoms with Gasteiger partial charge in [0.05, 0.1) is 18.5 Å². The second-order valence-corrected chi connectivity index (χ2v) is 7.66. The van der Waals surface area contributed by atoms with Crippen LogP contribution in [0.3, 0.4) is 0 Å². The summed E-state index contributed by atoms with van der Waals surface area (Å²) in [5.74, 6) is -1.28. The van der Waals surface area contributed by atoms with E-state index in [1.165, 1.54) is 27.8 Å². The van der Waals surface area contributed by atoms with Crippen LogP contribution in [0.5, 0.6) is 0 Å². The molecular weight excluding hydrogens is 444 g/mol. The van der Waals surface area contributed by atoms with E-state index in [-0.39, 0.29) is 35.5 Å². The van der Waals surface area contributed by atoms with E-state index < -0.39 is 22.9 Å². The molecule has 0 amide bonds. The van der Waals surface area contributed by atoms with E-state index in [1.54, 1.807) is 37.6 Å². The van der Waals surface area contributed by atoms with E-state index >= 15 is 0 Å². The van der Waals surface area contributed by atoms with Crippen LogP contribution in [0.15, 0.2) is 70.9 Å². The molecule has 0 saturated heterocycles. The van der Waals surface area contributed by atoms with Crippen molar-refractivity contribution < 1.29 is 8.78 Å². The van der Waals surface area contributed by atoms with Crippen LogP contribution in [-0.4, -0.2) is 33.9 Å². The predicted molar refractivity (Wildman–Crippen MR) is 119 cm³/mol. The topological polar surface area (TPSA) is 100 Å². The Morgan fingerprint density at radius 3 is 2.41 bits per heavy atom. The lowest BCUT2D eigenvalue weighted by atomic mass is 10.1. The number of halogens is 2. The molecule has 5 rings (SSSR count). The summed E-state index contributed by atoms with van der Waals surface area (Å²) in [4.78, 5) is 39.2. The van der Waals surface area contributed by atoms with Crippen LogP contribution in [-0.2, 0) is 20.1 Å². The van der Waals surface area contributed by atoms with Crippen molar-refractivity contribution in [2.24, 2.45) is 7.05 Å². The van der Waals surface area contributed by atoms with E-state index in [1.807, 2.05) is 0 Å². The molecule has 1 aromatic carbocycles. The molecule has 4 heterocycles. The molecule has 0 aliphatic rings. The minimum Gasteiger partial charge on any atom is -0.273 e. The molecule has 0 saturated carbocycles. The monoisotopic (exact) mass is 461 g/mol. The summed E-state index contributed by atoms with van der Waals surface area (Å²) < 4.78 is 31.4. The van der Waals surface area contributed by atoms with Gasteiger partial charge >= 0.3 is 5.69 Å². The molecule has 0 spiro atoms. The van der Waals surface area contributed by atoms with E-state index in [4.69, 9.17) is 0 Å². The summed E-state index contributed by atoms with van der Waals surface area (Å²) in [6.07, 6.45) is 6.21. The summed E-state index contributed by atoms with van der Waals surface area (Å²) in [5, 5.41) is 4.30. The lowest BCUT2D eigenvalue weighted by molar-refractivity contribution is 0.556. The van der Waals surface area contributed by atoms with Crippen molar-refractivity contribution in [3.63, 3.8) is 0 Å². The second kappa shape index (κ2) is 8.43. The number of aryl methyl sites for hydroxylation is 1. The number of aromatic nitrogens is 7. The number of hydrogen-bond acceptors (Lipinski definition) is 6. The molecule has 0 fully saturated rings. The van der Waals surface area contributed by atoms with Gasteiger partial charge in [-0.05, 0) is 29.8 Å². The van der Waals surface area contributed by atoms with Crippen molar-refractivity contribution in [3.05, 3.63) is 105 Å². The molecule has 0 atom stereocenters. The maximum absolute atomic E-state index is 14.4. The van der Waals surface area contributed by atoms with Gasteiger partial charge in [-0.1, -0.05) is 6.07 Å². The lowest BCUT2D eigenvalue weighted by Gasteiger charge is -2.14. The van der Waals surface area contributed by atoms with Crippen molar-refractivity contribution in [1.82, 2.24) is 33.9 Å². The zero-order valence-electron chi connectivity index (χ0n) is 17.9. The summed E-state index contributed by atoms with van der Waals surface area (Å²) in [6, 6.07) is 8.26. The fourth-order valence-corrected chi connectivity index (χ4v) is 3.70. The van der Waals surface area contributed by atoms with E-state index in [9.17, 15) is 18.4 Å². The fraction of sp³-hybridized carbons (Fsp3) is 0.130. The molecule has 0 N–H and O–H groups in total. The number of pyridine rings is 2. The fourth-order valence-electron chi connectivity index (χ4n) is 3.70. The summed E-state index contributed by atoms with van der Waals surface area (Å²) in [7, 11) is 1.67. The van der Waals surface area contributed by atoms with Crippen molar-refractivity contribution >= 4 is 11.0 Å². The number of nitrogens with zero attached hydrogens (tertiary/aromatic N) is 7. The van der Waals surface area contributed by atoms with Crippen molar-refractivity contribution in [1.29, 1.82) is 0 Å². The highest BCUT2D eigenvalue weighted by Gasteiger charge is 2.18. The first-order valence-corrected chi connectivity index (χ1v) is 10.2. The largest absolute Gasteiger partial charge is 0.333 e. The standard InChI is InChI=1S/C23H17F2N7O2/c1-30-13-28-20(29-30)12-32-22(33)18-8-16(14-4-6-26-7-5-14)10-27-21(18)31(23(32)34)11-15-2-3-17(24)9-19(15)25/h2-10,13H,11-12H2,1H3. The Morgan fingerprint density at radius 1 is 0.912 bits per heavy atom. The molecule has 5 aromatic rings. The van der Waals surface area contributed by atoms with E-state index in [0.717, 1.165) is 22.3 Å². The first kappa shape index (κ1) is 21.3. The maximum atomic E-state index is 14.4. The summed E-state index contributed by atoms with van der Waals surface area (Å²) in [5.41, 5.74) is 0.300. The number of hydrogen-bond donors (Lipinski definition) is 0. The highest BCUT2D eigenvalue weighted by Crippen LogP contribution is 2.21. The Bertz CT molecular complexity index is 1640. The molecule has 34 heavy (non-hydrogen) atoms. The van der Waals surface area contributed by atoms with Crippen molar-refractivity contribution in [2.45, 2.75) is 13.1 Å². The van der Waals surface area contributed by atoms with Gasteiger partial charge in [-0.3, -0.25) is 23.6 Å². The van der Waals surface area contributed by atoms with Crippen LogP contribution in [0.4, 0.5) is 8.78 Å². The van der Waals surface area contributed by atoms with Crippen LogP contribution in [0.25, 0.3) is 22.2 Å².